The van der Waals surface area contributed by atoms with Crippen LogP contribution in [0.15, 0.2) is 47.4 Å². The van der Waals surface area contributed by atoms with Crippen molar-refractivity contribution in [3.63, 3.8) is 0 Å². The number of hydrogen-bond donors (Lipinski definition) is 1. The van der Waals surface area contributed by atoms with Crippen LogP contribution in [-0.2, 0) is 6.54 Å². The Morgan fingerprint density at radius 1 is 1.24 bits per heavy atom. The summed E-state index contributed by atoms with van der Waals surface area (Å²) in [6.07, 6.45) is 1.68. The molecule has 0 spiro atoms. The van der Waals surface area contributed by atoms with Crippen molar-refractivity contribution in [1.29, 1.82) is 0 Å². The number of aromatic nitrogens is 1. The molecule has 5 heteroatoms. The zero-order valence-electron chi connectivity index (χ0n) is 12.3. The molecule has 112 valence electrons. The third-order valence-corrected chi connectivity index (χ3v) is 3.97. The molecule has 0 aliphatic heterocycles. The van der Waals surface area contributed by atoms with Gasteiger partial charge in [-0.2, -0.15) is 0 Å². The number of nitrogens with two attached hydrogens (primary N) is 1. The van der Waals surface area contributed by atoms with Crippen LogP contribution in [0, 0.1) is 0 Å². The minimum absolute atomic E-state index is 0.0308. The average molecular weight is 306 g/mol. The van der Waals surface area contributed by atoms with Crippen LogP contribution in [0.1, 0.15) is 18.5 Å². The molecule has 1 atom stereocenters. The zero-order valence-corrected chi connectivity index (χ0v) is 13.0. The van der Waals surface area contributed by atoms with Gasteiger partial charge in [-0.15, -0.1) is 0 Å². The molecule has 1 unspecified atom stereocenters. The van der Waals surface area contributed by atoms with E-state index in [-0.39, 0.29) is 11.6 Å². The number of nitrogens with zero attached hydrogens (tertiary/aromatic N) is 2. The van der Waals surface area contributed by atoms with Crippen molar-refractivity contribution in [1.82, 2.24) is 9.47 Å². The molecule has 0 radical (unpaired) electrons. The van der Waals surface area contributed by atoms with Crippen molar-refractivity contribution in [2.24, 2.45) is 0 Å². The quantitative estimate of drug-likeness (QED) is 0.924. The highest BCUT2D eigenvalue weighted by molar-refractivity contribution is 6.30. The topological polar surface area (TPSA) is 51.3 Å². The lowest BCUT2D eigenvalue weighted by Gasteiger charge is -2.25. The van der Waals surface area contributed by atoms with Crippen molar-refractivity contribution in [2.75, 3.05) is 19.3 Å². The number of rotatable bonds is 5. The predicted molar refractivity (Wildman–Crippen MR) is 87.6 cm³/mol. The molecule has 0 amide bonds. The SMILES string of the molecule is CC(c1ccc(Cl)cc1)N(C)CCn1cc(N)ccc1=O. The molecule has 2 N–H and O–H groups in total. The second-order valence-corrected chi connectivity index (χ2v) is 5.64. The van der Waals surface area contributed by atoms with E-state index in [1.165, 1.54) is 11.6 Å². The Bertz CT molecular complexity index is 651. The summed E-state index contributed by atoms with van der Waals surface area (Å²) in [7, 11) is 2.04. The molecule has 0 saturated heterocycles. The maximum atomic E-state index is 11.7. The van der Waals surface area contributed by atoms with E-state index < -0.39 is 0 Å². The van der Waals surface area contributed by atoms with Crippen LogP contribution in [0.5, 0.6) is 0 Å². The van der Waals surface area contributed by atoms with E-state index in [4.69, 9.17) is 17.3 Å². The molecule has 2 rings (SSSR count). The molecule has 0 aliphatic rings. The summed E-state index contributed by atoms with van der Waals surface area (Å²) in [6, 6.07) is 11.2. The normalized spacial score (nSPS) is 12.6. The predicted octanol–water partition coefficient (Wildman–Crippen LogP) is 2.78. The lowest BCUT2D eigenvalue weighted by atomic mass is 10.1. The fraction of sp³-hybridized carbons (Fsp3) is 0.312. The van der Waals surface area contributed by atoms with Crippen molar-refractivity contribution in [3.8, 4) is 0 Å². The van der Waals surface area contributed by atoms with E-state index in [1.54, 1.807) is 16.8 Å². The Balaban J connectivity index is 2.01. The van der Waals surface area contributed by atoms with E-state index in [9.17, 15) is 4.79 Å². The largest absolute Gasteiger partial charge is 0.398 e. The monoisotopic (exact) mass is 305 g/mol. The van der Waals surface area contributed by atoms with Gasteiger partial charge in [0, 0.05) is 42.1 Å². The second-order valence-electron chi connectivity index (χ2n) is 5.20. The Morgan fingerprint density at radius 3 is 2.57 bits per heavy atom. The summed E-state index contributed by atoms with van der Waals surface area (Å²) < 4.78 is 1.64. The van der Waals surface area contributed by atoms with Gasteiger partial charge in [0.15, 0.2) is 0 Å². The molecule has 0 fully saturated rings. The van der Waals surface area contributed by atoms with Crippen molar-refractivity contribution < 1.29 is 0 Å². The fourth-order valence-corrected chi connectivity index (χ4v) is 2.31. The summed E-state index contributed by atoms with van der Waals surface area (Å²) in [5.74, 6) is 0. The van der Waals surface area contributed by atoms with Crippen molar-refractivity contribution >= 4 is 17.3 Å². The highest BCUT2D eigenvalue weighted by Gasteiger charge is 2.11. The minimum atomic E-state index is -0.0308. The highest BCUT2D eigenvalue weighted by Crippen LogP contribution is 2.20. The number of hydrogen-bond acceptors (Lipinski definition) is 3. The van der Waals surface area contributed by atoms with Crippen LogP contribution >= 0.6 is 11.6 Å². The Labute approximate surface area is 129 Å². The second kappa shape index (κ2) is 6.78. The molecule has 0 aliphatic carbocycles. The zero-order chi connectivity index (χ0) is 15.4. The number of benzene rings is 1. The number of likely N-dealkylation sites (N-methyl/N-ethyl adjacent to an activating group) is 1. The molecule has 1 aromatic heterocycles. The first-order chi connectivity index (χ1) is 9.97. The molecule has 1 aromatic carbocycles. The van der Waals surface area contributed by atoms with Gasteiger partial charge < -0.3 is 10.3 Å². The van der Waals surface area contributed by atoms with Gasteiger partial charge in [-0.3, -0.25) is 9.69 Å². The summed E-state index contributed by atoms with van der Waals surface area (Å²) in [6.45, 7) is 3.50. The molecule has 1 heterocycles. The van der Waals surface area contributed by atoms with Crippen LogP contribution < -0.4 is 11.3 Å². The summed E-state index contributed by atoms with van der Waals surface area (Å²) in [5, 5.41) is 0.736. The van der Waals surface area contributed by atoms with Crippen molar-refractivity contribution in [2.45, 2.75) is 19.5 Å². The van der Waals surface area contributed by atoms with E-state index in [0.717, 1.165) is 11.6 Å². The molecule has 0 bridgehead atoms. The van der Waals surface area contributed by atoms with E-state index >= 15 is 0 Å². The Kier molecular flexibility index (Phi) is 5.04. The van der Waals surface area contributed by atoms with Crippen LogP contribution in [-0.4, -0.2) is 23.1 Å². The molecule has 2 aromatic rings. The molecule has 0 saturated carbocycles. The van der Waals surface area contributed by atoms with Crippen LogP contribution in [0.4, 0.5) is 5.69 Å². The third-order valence-electron chi connectivity index (χ3n) is 3.71. The van der Waals surface area contributed by atoms with Gasteiger partial charge in [-0.05, 0) is 37.7 Å². The van der Waals surface area contributed by atoms with Gasteiger partial charge in [-0.1, -0.05) is 23.7 Å². The summed E-state index contributed by atoms with van der Waals surface area (Å²) in [4.78, 5) is 13.9. The average Bonchev–Trinajstić information content (AvgIpc) is 2.48. The van der Waals surface area contributed by atoms with Gasteiger partial charge in [0.1, 0.15) is 0 Å². The lowest BCUT2D eigenvalue weighted by molar-refractivity contribution is 0.250. The van der Waals surface area contributed by atoms with E-state index in [2.05, 4.69) is 11.8 Å². The number of nitrogen functional groups attached to an aromatic ring is 1. The first kappa shape index (κ1) is 15.6. The van der Waals surface area contributed by atoms with Crippen LogP contribution in [0.2, 0.25) is 5.02 Å². The summed E-state index contributed by atoms with van der Waals surface area (Å²) >= 11 is 5.91. The smallest absolute Gasteiger partial charge is 0.250 e. The first-order valence-corrected chi connectivity index (χ1v) is 7.27. The molecular formula is C16H20ClN3O. The molecule has 4 nitrogen and oxygen atoms in total. The minimum Gasteiger partial charge on any atom is -0.398 e. The van der Waals surface area contributed by atoms with Crippen molar-refractivity contribution in [3.05, 3.63) is 63.5 Å². The first-order valence-electron chi connectivity index (χ1n) is 6.89. The van der Waals surface area contributed by atoms with E-state index in [1.807, 2.05) is 31.3 Å². The molecular weight excluding hydrogens is 286 g/mol. The van der Waals surface area contributed by atoms with Gasteiger partial charge in [0.2, 0.25) is 0 Å². The Hall–Kier alpha value is -1.78. The molecule has 21 heavy (non-hydrogen) atoms. The van der Waals surface area contributed by atoms with Crippen LogP contribution in [0.3, 0.4) is 0 Å². The standard InChI is InChI=1S/C16H20ClN3O/c1-12(13-3-5-14(17)6-4-13)19(2)9-10-20-11-15(18)7-8-16(20)21/h3-8,11-12H,9-10,18H2,1-2H3. The maximum absolute atomic E-state index is 11.7. The number of halogens is 1. The van der Waals surface area contributed by atoms with Crippen LogP contribution in [0.25, 0.3) is 0 Å². The van der Waals surface area contributed by atoms with E-state index in [0.29, 0.717) is 12.2 Å². The van der Waals surface area contributed by atoms with Gasteiger partial charge in [0.25, 0.3) is 5.56 Å². The van der Waals surface area contributed by atoms with Gasteiger partial charge in [-0.25, -0.2) is 0 Å². The maximum Gasteiger partial charge on any atom is 0.250 e. The highest BCUT2D eigenvalue weighted by atomic mass is 35.5. The number of pyridine rings is 1. The lowest BCUT2D eigenvalue weighted by Crippen LogP contribution is -2.30. The third kappa shape index (κ3) is 4.09. The Morgan fingerprint density at radius 2 is 1.90 bits per heavy atom. The fourth-order valence-electron chi connectivity index (χ4n) is 2.18. The van der Waals surface area contributed by atoms with Gasteiger partial charge >= 0.3 is 0 Å². The van der Waals surface area contributed by atoms with Gasteiger partial charge in [0.05, 0.1) is 0 Å². The summed E-state index contributed by atoms with van der Waals surface area (Å²) in [5.41, 5.74) is 7.48. The number of anilines is 1.